The number of esters is 1. The molecule has 16 heavy (non-hydrogen) atoms. The third kappa shape index (κ3) is 5.21. The molecule has 0 amide bonds. The Morgan fingerprint density at radius 3 is 2.81 bits per heavy atom. The molecule has 0 aliphatic carbocycles. The van der Waals surface area contributed by atoms with Crippen LogP contribution >= 0.6 is 0 Å². The van der Waals surface area contributed by atoms with Crippen LogP contribution in [0.25, 0.3) is 0 Å². The van der Waals surface area contributed by atoms with E-state index in [0.29, 0.717) is 19.3 Å². The van der Waals surface area contributed by atoms with Gasteiger partial charge in [-0.2, -0.15) is 0 Å². The summed E-state index contributed by atoms with van der Waals surface area (Å²) in [6, 6.07) is 0. The molecule has 0 aromatic carbocycles. The molecule has 1 aliphatic heterocycles. The van der Waals surface area contributed by atoms with Gasteiger partial charge in [-0.15, -0.1) is 0 Å². The summed E-state index contributed by atoms with van der Waals surface area (Å²) >= 11 is 0. The first-order valence-electron chi connectivity index (χ1n) is 5.05. The van der Waals surface area contributed by atoms with Crippen molar-refractivity contribution in [1.29, 1.82) is 0 Å². The van der Waals surface area contributed by atoms with Crippen LogP contribution in [0.5, 0.6) is 0 Å². The zero-order valence-electron chi connectivity index (χ0n) is 9.73. The second-order valence-corrected chi connectivity index (χ2v) is 3.12. The van der Waals surface area contributed by atoms with Crippen LogP contribution in [0.3, 0.4) is 0 Å². The second-order valence-electron chi connectivity index (χ2n) is 3.12. The molecular formula is C10H15NaO5. The Hall–Kier alpha value is -0.230. The molecule has 1 heterocycles. The first-order chi connectivity index (χ1) is 7.27. The maximum atomic E-state index is 11.2. The smallest absolute Gasteiger partial charge is 0.875 e. The molecule has 0 N–H and O–H groups in total. The molecule has 0 bridgehead atoms. The molecule has 1 saturated heterocycles. The van der Waals surface area contributed by atoms with Crippen molar-refractivity contribution >= 4 is 5.97 Å². The zero-order chi connectivity index (χ0) is 11.1. The van der Waals surface area contributed by atoms with Crippen LogP contribution in [0.2, 0.25) is 0 Å². The van der Waals surface area contributed by atoms with Crippen molar-refractivity contribution in [3.05, 3.63) is 12.0 Å². The predicted molar refractivity (Wildman–Crippen MR) is 49.4 cm³/mol. The molecule has 0 spiro atoms. The van der Waals surface area contributed by atoms with Crippen LogP contribution in [0.15, 0.2) is 12.0 Å². The van der Waals surface area contributed by atoms with Crippen molar-refractivity contribution in [3.8, 4) is 0 Å². The molecule has 0 saturated carbocycles. The van der Waals surface area contributed by atoms with Crippen LogP contribution in [-0.2, 0) is 19.0 Å². The average Bonchev–Trinajstić information content (AvgIpc) is 2.27. The van der Waals surface area contributed by atoms with Gasteiger partial charge in [0, 0.05) is 6.42 Å². The van der Waals surface area contributed by atoms with E-state index in [1.54, 1.807) is 6.92 Å². The van der Waals surface area contributed by atoms with Gasteiger partial charge in [0.1, 0.15) is 0 Å². The van der Waals surface area contributed by atoms with E-state index in [1.165, 1.54) is 0 Å². The van der Waals surface area contributed by atoms with Gasteiger partial charge in [-0.1, -0.05) is 6.26 Å². The van der Waals surface area contributed by atoms with E-state index in [-0.39, 0.29) is 41.9 Å². The minimum atomic E-state index is -0.735. The molecule has 1 aliphatic rings. The van der Waals surface area contributed by atoms with Gasteiger partial charge in [-0.05, 0) is 19.8 Å². The molecule has 5 nitrogen and oxygen atoms in total. The van der Waals surface area contributed by atoms with Crippen molar-refractivity contribution < 1.29 is 53.7 Å². The first kappa shape index (κ1) is 15.8. The van der Waals surface area contributed by atoms with Gasteiger partial charge in [0.15, 0.2) is 12.0 Å². The molecule has 1 rings (SSSR count). The molecule has 0 aromatic rings. The summed E-state index contributed by atoms with van der Waals surface area (Å²) < 4.78 is 15.0. The van der Waals surface area contributed by atoms with E-state index in [0.717, 1.165) is 12.8 Å². The van der Waals surface area contributed by atoms with Crippen LogP contribution < -0.4 is 34.7 Å². The van der Waals surface area contributed by atoms with Gasteiger partial charge < -0.3 is 19.3 Å². The van der Waals surface area contributed by atoms with Crippen LogP contribution in [0, 0.1) is 0 Å². The standard InChI is InChI=1S/C10H16O5.Na/c1-2-13-10(12)8(7-11)15-9-5-3-4-6-14-9;/h7,9,11H,2-6H2,1H3;/q;+1/p-1/b8-7+;. The Kier molecular flexibility index (Phi) is 8.74. The van der Waals surface area contributed by atoms with Gasteiger partial charge >= 0.3 is 35.5 Å². The maximum Gasteiger partial charge on any atom is 1.00 e. The predicted octanol–water partition coefficient (Wildman–Crippen LogP) is -2.70. The third-order valence-corrected chi connectivity index (χ3v) is 1.98. The Labute approximate surface area is 117 Å². The molecule has 1 atom stereocenters. The summed E-state index contributed by atoms with van der Waals surface area (Å²) in [6.45, 7) is 2.47. The minimum Gasteiger partial charge on any atom is -0.875 e. The van der Waals surface area contributed by atoms with E-state index in [4.69, 9.17) is 9.47 Å². The summed E-state index contributed by atoms with van der Waals surface area (Å²) in [7, 11) is 0. The quantitative estimate of drug-likeness (QED) is 0.231. The fourth-order valence-corrected chi connectivity index (χ4v) is 1.27. The fourth-order valence-electron chi connectivity index (χ4n) is 1.27. The normalized spacial score (nSPS) is 20.8. The van der Waals surface area contributed by atoms with E-state index in [9.17, 15) is 9.90 Å². The van der Waals surface area contributed by atoms with Crippen molar-refractivity contribution in [2.45, 2.75) is 32.5 Å². The van der Waals surface area contributed by atoms with E-state index in [2.05, 4.69) is 4.74 Å². The van der Waals surface area contributed by atoms with Gasteiger partial charge in [0.2, 0.25) is 0 Å². The Bertz CT molecular complexity index is 235. The number of ether oxygens (including phenoxy) is 3. The minimum absolute atomic E-state index is 0. The molecule has 6 heteroatoms. The number of hydrogen-bond donors (Lipinski definition) is 0. The summed E-state index contributed by atoms with van der Waals surface area (Å²) in [5, 5.41) is 10.6. The number of carbonyl (C=O) groups excluding carboxylic acids is 1. The van der Waals surface area contributed by atoms with E-state index < -0.39 is 12.3 Å². The monoisotopic (exact) mass is 238 g/mol. The zero-order valence-corrected chi connectivity index (χ0v) is 11.7. The van der Waals surface area contributed by atoms with Crippen LogP contribution in [0.4, 0.5) is 0 Å². The summed E-state index contributed by atoms with van der Waals surface area (Å²) in [6.07, 6.45) is 2.51. The molecule has 0 aromatic heterocycles. The largest absolute Gasteiger partial charge is 1.00 e. The van der Waals surface area contributed by atoms with Crippen molar-refractivity contribution in [2.24, 2.45) is 0 Å². The molecular weight excluding hydrogens is 223 g/mol. The number of rotatable bonds is 4. The van der Waals surface area contributed by atoms with Crippen LogP contribution in [0.1, 0.15) is 26.2 Å². The first-order valence-corrected chi connectivity index (χ1v) is 5.05. The summed E-state index contributed by atoms with van der Waals surface area (Å²) in [5.41, 5.74) is 0. The molecule has 0 radical (unpaired) electrons. The Morgan fingerprint density at radius 2 is 2.31 bits per heavy atom. The third-order valence-electron chi connectivity index (χ3n) is 1.98. The molecule has 86 valence electrons. The van der Waals surface area contributed by atoms with Crippen molar-refractivity contribution in [2.75, 3.05) is 13.2 Å². The number of carbonyl (C=O) groups is 1. The summed E-state index contributed by atoms with van der Waals surface area (Å²) in [4.78, 5) is 11.2. The van der Waals surface area contributed by atoms with Crippen molar-refractivity contribution in [1.82, 2.24) is 0 Å². The topological polar surface area (TPSA) is 67.8 Å². The van der Waals surface area contributed by atoms with Crippen molar-refractivity contribution in [3.63, 3.8) is 0 Å². The Balaban J connectivity index is 0.00000225. The number of hydrogen-bond acceptors (Lipinski definition) is 5. The average molecular weight is 238 g/mol. The van der Waals surface area contributed by atoms with Gasteiger partial charge in [-0.25, -0.2) is 4.79 Å². The van der Waals surface area contributed by atoms with Gasteiger partial charge in [0.25, 0.3) is 0 Å². The van der Waals surface area contributed by atoms with Gasteiger partial charge in [0.05, 0.1) is 13.2 Å². The Morgan fingerprint density at radius 1 is 1.56 bits per heavy atom. The van der Waals surface area contributed by atoms with E-state index in [1.807, 2.05) is 0 Å². The maximum absolute atomic E-state index is 11.2. The molecule has 1 unspecified atom stereocenters. The van der Waals surface area contributed by atoms with Crippen LogP contribution in [-0.4, -0.2) is 25.5 Å². The van der Waals surface area contributed by atoms with Gasteiger partial charge in [-0.3, -0.25) is 0 Å². The second kappa shape index (κ2) is 8.87. The van der Waals surface area contributed by atoms with E-state index >= 15 is 0 Å². The fraction of sp³-hybridized carbons (Fsp3) is 0.700. The summed E-state index contributed by atoms with van der Waals surface area (Å²) in [5.74, 6) is -1.05. The molecule has 1 fully saturated rings. The SMILES string of the molecule is CCOC(=O)/C(=C\[O-])OC1CCCCO1.[Na+].